The first-order valence-corrected chi connectivity index (χ1v) is 10.2. The number of aromatic carboxylic acids is 1. The molecule has 5 rings (SSSR count). The number of carbonyl (C=O) groups is 1. The summed E-state index contributed by atoms with van der Waals surface area (Å²) < 4.78 is 5.50. The molecule has 0 spiro atoms. The van der Waals surface area contributed by atoms with Crippen molar-refractivity contribution in [2.24, 2.45) is 0 Å². The van der Waals surface area contributed by atoms with Crippen LogP contribution >= 0.6 is 0 Å². The number of anilines is 1. The van der Waals surface area contributed by atoms with Gasteiger partial charge in [0.1, 0.15) is 5.82 Å². The van der Waals surface area contributed by atoms with E-state index in [-0.39, 0.29) is 5.56 Å². The lowest BCUT2D eigenvalue weighted by molar-refractivity contribution is 0.0699. The van der Waals surface area contributed by atoms with Gasteiger partial charge in [0.25, 0.3) is 0 Å². The van der Waals surface area contributed by atoms with Crippen molar-refractivity contribution in [3.63, 3.8) is 0 Å². The number of hydrogen-bond acceptors (Lipinski definition) is 5. The number of rotatable bonds is 4. The number of nitrogens with zero attached hydrogens (tertiary/aromatic N) is 3. The lowest BCUT2D eigenvalue weighted by atomic mass is 10.1. The van der Waals surface area contributed by atoms with Crippen molar-refractivity contribution in [3.8, 4) is 0 Å². The van der Waals surface area contributed by atoms with Gasteiger partial charge in [-0.1, -0.05) is 36.4 Å². The van der Waals surface area contributed by atoms with Crippen molar-refractivity contribution >= 4 is 45.7 Å². The lowest BCUT2D eigenvalue weighted by Crippen LogP contribution is -2.37. The molecule has 31 heavy (non-hydrogen) atoms. The van der Waals surface area contributed by atoms with Gasteiger partial charge in [-0.25, -0.2) is 14.8 Å². The van der Waals surface area contributed by atoms with Gasteiger partial charge in [-0.3, -0.25) is 0 Å². The van der Waals surface area contributed by atoms with Crippen LogP contribution in [0.4, 0.5) is 5.82 Å². The Balaban J connectivity index is 1.60. The van der Waals surface area contributed by atoms with E-state index in [2.05, 4.69) is 16.0 Å². The molecule has 1 aliphatic heterocycles. The molecular weight excluding hydrogens is 390 g/mol. The highest BCUT2D eigenvalue weighted by molar-refractivity contribution is 6.03. The van der Waals surface area contributed by atoms with Gasteiger partial charge in [-0.15, -0.1) is 0 Å². The van der Waals surface area contributed by atoms with Crippen LogP contribution in [0.2, 0.25) is 0 Å². The number of fused-ring (bicyclic) bond motifs is 2. The second-order valence-electron chi connectivity index (χ2n) is 7.44. The maximum Gasteiger partial charge on any atom is 0.336 e. The predicted octanol–water partition coefficient (Wildman–Crippen LogP) is 4.49. The van der Waals surface area contributed by atoms with E-state index in [1.54, 1.807) is 12.1 Å². The van der Waals surface area contributed by atoms with Gasteiger partial charge in [-0.05, 0) is 36.4 Å². The number of carboxylic acids is 1. The number of ether oxygens (including phenoxy) is 1. The van der Waals surface area contributed by atoms with Gasteiger partial charge < -0.3 is 14.7 Å². The van der Waals surface area contributed by atoms with E-state index in [0.29, 0.717) is 29.8 Å². The van der Waals surface area contributed by atoms with Crippen LogP contribution in [0.3, 0.4) is 0 Å². The third kappa shape index (κ3) is 3.85. The Labute approximate surface area is 179 Å². The van der Waals surface area contributed by atoms with Crippen molar-refractivity contribution in [1.29, 1.82) is 0 Å². The van der Waals surface area contributed by atoms with Crippen molar-refractivity contribution in [1.82, 2.24) is 9.97 Å². The van der Waals surface area contributed by atoms with E-state index in [0.717, 1.165) is 35.4 Å². The highest BCUT2D eigenvalue weighted by Crippen LogP contribution is 2.27. The molecule has 2 aromatic heterocycles. The van der Waals surface area contributed by atoms with Crippen molar-refractivity contribution in [3.05, 3.63) is 77.5 Å². The fraction of sp³-hybridized carbons (Fsp3) is 0.160. The maximum absolute atomic E-state index is 11.8. The molecule has 2 aromatic carbocycles. The van der Waals surface area contributed by atoms with Gasteiger partial charge in [-0.2, -0.15) is 0 Å². The van der Waals surface area contributed by atoms with Crippen molar-refractivity contribution in [2.75, 3.05) is 31.2 Å². The summed E-state index contributed by atoms with van der Waals surface area (Å²) in [7, 11) is 0. The van der Waals surface area contributed by atoms with Gasteiger partial charge in [0.2, 0.25) is 0 Å². The van der Waals surface area contributed by atoms with Crippen molar-refractivity contribution in [2.45, 2.75) is 0 Å². The maximum atomic E-state index is 11.8. The molecule has 0 saturated carbocycles. The Kier molecular flexibility index (Phi) is 5.06. The molecule has 6 nitrogen and oxygen atoms in total. The van der Waals surface area contributed by atoms with Crippen LogP contribution in [-0.4, -0.2) is 47.3 Å². The van der Waals surface area contributed by atoms with E-state index in [9.17, 15) is 9.90 Å². The zero-order valence-corrected chi connectivity index (χ0v) is 16.9. The molecule has 1 aliphatic rings. The molecule has 0 aliphatic carbocycles. The van der Waals surface area contributed by atoms with Crippen LogP contribution in [0.15, 0.2) is 60.7 Å². The minimum absolute atomic E-state index is 0.246. The average molecular weight is 411 g/mol. The average Bonchev–Trinajstić information content (AvgIpc) is 2.82. The second kappa shape index (κ2) is 8.16. The summed E-state index contributed by atoms with van der Waals surface area (Å²) in [5.74, 6) is -0.0628. The van der Waals surface area contributed by atoms with E-state index < -0.39 is 5.97 Å². The number of para-hydroxylation sites is 2. The van der Waals surface area contributed by atoms with Gasteiger partial charge in [0.15, 0.2) is 0 Å². The second-order valence-corrected chi connectivity index (χ2v) is 7.44. The monoisotopic (exact) mass is 411 g/mol. The Bertz CT molecular complexity index is 1310. The molecule has 1 saturated heterocycles. The minimum atomic E-state index is -0.963. The van der Waals surface area contributed by atoms with Gasteiger partial charge in [0.05, 0.1) is 35.5 Å². The standard InChI is InChI=1S/C25H21N3O3/c29-25(30)21-16-19(26-23-8-4-2-6-20(21)23)10-9-18-15-17-5-1-3-7-22(17)27-24(18)28-11-13-31-14-12-28/h1-10,15-16H,11-14H2,(H,29,30)/b10-9+. The molecule has 1 N–H and O–H groups in total. The first kappa shape index (κ1) is 19.2. The molecule has 0 unspecified atom stereocenters. The SMILES string of the molecule is O=C(O)c1cc(/C=C/c2cc3ccccc3nc2N2CCOCC2)nc2ccccc12. The third-order valence-electron chi connectivity index (χ3n) is 5.44. The van der Waals surface area contributed by atoms with Crippen LogP contribution < -0.4 is 4.90 Å². The molecule has 4 aromatic rings. The largest absolute Gasteiger partial charge is 0.478 e. The number of benzene rings is 2. The highest BCUT2D eigenvalue weighted by atomic mass is 16.5. The van der Waals surface area contributed by atoms with Crippen molar-refractivity contribution < 1.29 is 14.6 Å². The Hall–Kier alpha value is -3.77. The summed E-state index contributed by atoms with van der Waals surface area (Å²) in [6.45, 7) is 2.91. The Morgan fingerprint density at radius 1 is 0.935 bits per heavy atom. The normalized spacial score (nSPS) is 14.5. The first-order chi connectivity index (χ1) is 15.2. The summed E-state index contributed by atoms with van der Waals surface area (Å²) in [5, 5.41) is 11.3. The molecule has 0 atom stereocenters. The quantitative estimate of drug-likeness (QED) is 0.533. The van der Waals surface area contributed by atoms with Crippen LogP contribution in [0, 0.1) is 0 Å². The van der Waals surface area contributed by atoms with Gasteiger partial charge >= 0.3 is 5.97 Å². The van der Waals surface area contributed by atoms with Crippen LogP contribution in [0.1, 0.15) is 21.6 Å². The molecule has 6 heteroatoms. The van der Waals surface area contributed by atoms with Gasteiger partial charge in [0, 0.05) is 29.4 Å². The van der Waals surface area contributed by atoms with E-state index in [4.69, 9.17) is 9.72 Å². The summed E-state index contributed by atoms with van der Waals surface area (Å²) in [5.41, 5.74) is 3.41. The first-order valence-electron chi connectivity index (χ1n) is 10.2. The highest BCUT2D eigenvalue weighted by Gasteiger charge is 2.16. The molecule has 154 valence electrons. The summed E-state index contributed by atoms with van der Waals surface area (Å²) in [6.07, 6.45) is 3.82. The molecular formula is C25H21N3O3. The summed E-state index contributed by atoms with van der Waals surface area (Å²) in [6, 6.07) is 19.1. The topological polar surface area (TPSA) is 75.5 Å². The summed E-state index contributed by atoms with van der Waals surface area (Å²) in [4.78, 5) is 23.5. The van der Waals surface area contributed by atoms with E-state index in [1.807, 2.05) is 54.6 Å². The summed E-state index contributed by atoms with van der Waals surface area (Å²) >= 11 is 0. The fourth-order valence-electron chi connectivity index (χ4n) is 3.91. The lowest BCUT2D eigenvalue weighted by Gasteiger charge is -2.29. The number of hydrogen-bond donors (Lipinski definition) is 1. The Morgan fingerprint density at radius 3 is 2.48 bits per heavy atom. The number of pyridine rings is 2. The number of aromatic nitrogens is 2. The predicted molar refractivity (Wildman–Crippen MR) is 122 cm³/mol. The molecule has 3 heterocycles. The molecule has 1 fully saturated rings. The molecule has 0 amide bonds. The number of morpholine rings is 1. The minimum Gasteiger partial charge on any atom is -0.478 e. The van der Waals surface area contributed by atoms with E-state index >= 15 is 0 Å². The zero-order valence-electron chi connectivity index (χ0n) is 16.9. The Morgan fingerprint density at radius 2 is 1.68 bits per heavy atom. The molecule has 0 radical (unpaired) electrons. The smallest absolute Gasteiger partial charge is 0.336 e. The zero-order chi connectivity index (χ0) is 21.2. The number of carboxylic acid groups (broad SMARTS) is 1. The van der Waals surface area contributed by atoms with Crippen LogP contribution in [-0.2, 0) is 4.74 Å². The fourth-order valence-corrected chi connectivity index (χ4v) is 3.91. The van der Waals surface area contributed by atoms with Crippen LogP contribution in [0.25, 0.3) is 34.0 Å². The van der Waals surface area contributed by atoms with E-state index in [1.165, 1.54) is 0 Å². The third-order valence-corrected chi connectivity index (χ3v) is 5.44. The van der Waals surface area contributed by atoms with Crippen LogP contribution in [0.5, 0.6) is 0 Å². The molecule has 0 bridgehead atoms.